The molecule has 0 atom stereocenters. The topological polar surface area (TPSA) is 104 Å². The predicted octanol–water partition coefficient (Wildman–Crippen LogP) is -4.06. The van der Waals surface area contributed by atoms with E-state index >= 15 is 0 Å². The van der Waals surface area contributed by atoms with E-state index < -0.39 is 7.82 Å². The second kappa shape index (κ2) is 22.3. The zero-order valence-corrected chi connectivity index (χ0v) is 20.5. The Hall–Kier alpha value is 3.34. The summed E-state index contributed by atoms with van der Waals surface area (Å²) < 4.78 is 14.3. The average molecular weight is 361 g/mol. The van der Waals surface area contributed by atoms with Gasteiger partial charge in [0.2, 0.25) is 0 Å². The fraction of sp³-hybridized carbons (Fsp3) is 1.00. The third-order valence-electron chi connectivity index (χ3n) is 2.75. The molecule has 5 nitrogen and oxygen atoms in total. The molecule has 0 aromatic heterocycles. The Labute approximate surface area is 208 Å². The van der Waals surface area contributed by atoms with Crippen LogP contribution in [0.15, 0.2) is 0 Å². The van der Waals surface area contributed by atoms with Gasteiger partial charge < -0.3 is 24.4 Å². The van der Waals surface area contributed by atoms with Crippen molar-refractivity contribution >= 4 is 7.82 Å². The molecular weight excluding hydrogens is 333 g/mol. The van der Waals surface area contributed by atoms with Gasteiger partial charge in [0.1, 0.15) is 0 Å². The molecule has 0 radical (unpaired) electrons. The standard InChI is InChI=1S/C12H27O4P.2K.H2O/c1-2-3-4-5-6-7-8-9-10-11-12-16-17(13,14)15;;;/h2-12H2,1H3,(H2,13,14,15);;;1H2/q;2*+1;/p-2. The molecule has 0 saturated heterocycles. The third-order valence-corrected chi connectivity index (χ3v) is 3.25. The maximum Gasteiger partial charge on any atom is 1.00 e. The fourth-order valence-corrected chi connectivity index (χ4v) is 2.12. The van der Waals surface area contributed by atoms with Crippen molar-refractivity contribution in [1.82, 2.24) is 0 Å². The largest absolute Gasteiger partial charge is 1.00 e. The first-order valence-corrected chi connectivity index (χ1v) is 8.19. The van der Waals surface area contributed by atoms with Crippen molar-refractivity contribution in [3.8, 4) is 0 Å². The summed E-state index contributed by atoms with van der Waals surface area (Å²) in [7, 11) is -4.74. The van der Waals surface area contributed by atoms with E-state index in [1.807, 2.05) is 0 Å². The van der Waals surface area contributed by atoms with Gasteiger partial charge in [0.05, 0.1) is 14.4 Å². The smallest absolute Gasteiger partial charge is 0.790 e. The van der Waals surface area contributed by atoms with Gasteiger partial charge in [-0.15, -0.1) is 0 Å². The minimum absolute atomic E-state index is 0. The second-order valence-electron chi connectivity index (χ2n) is 4.46. The molecule has 0 aromatic rings. The summed E-state index contributed by atoms with van der Waals surface area (Å²) in [5, 5.41) is 0. The van der Waals surface area contributed by atoms with Gasteiger partial charge in [-0.05, 0) is 6.42 Å². The van der Waals surface area contributed by atoms with Crippen LogP contribution in [-0.2, 0) is 9.09 Å². The predicted molar refractivity (Wildman–Crippen MR) is 69.0 cm³/mol. The fourth-order valence-electron chi connectivity index (χ4n) is 1.77. The maximum atomic E-state index is 10.1. The van der Waals surface area contributed by atoms with Crippen LogP contribution in [-0.4, -0.2) is 12.1 Å². The first kappa shape index (κ1) is 31.1. The van der Waals surface area contributed by atoms with Crippen molar-refractivity contribution in [2.24, 2.45) is 0 Å². The van der Waals surface area contributed by atoms with Gasteiger partial charge in [-0.1, -0.05) is 64.7 Å². The molecule has 0 bridgehead atoms. The van der Waals surface area contributed by atoms with Gasteiger partial charge in [-0.25, -0.2) is 0 Å². The molecule has 0 fully saturated rings. The molecule has 0 aliphatic rings. The SMILES string of the molecule is CCCCCCCCCCCCOP(=O)([O-])[O-].O.[K+].[K+]. The average Bonchev–Trinajstić information content (AvgIpc) is 2.24. The minimum atomic E-state index is -4.74. The van der Waals surface area contributed by atoms with E-state index in [0.29, 0.717) is 6.42 Å². The molecule has 0 spiro atoms. The summed E-state index contributed by atoms with van der Waals surface area (Å²) >= 11 is 0. The molecule has 0 rings (SSSR count). The molecular formula is C12H27K2O5P. The zero-order valence-electron chi connectivity index (χ0n) is 13.4. The molecule has 2 N–H and O–H groups in total. The summed E-state index contributed by atoms with van der Waals surface area (Å²) in [6.07, 6.45) is 11.7. The van der Waals surface area contributed by atoms with Gasteiger partial charge in [0.25, 0.3) is 0 Å². The van der Waals surface area contributed by atoms with Gasteiger partial charge in [-0.2, -0.15) is 0 Å². The van der Waals surface area contributed by atoms with Crippen LogP contribution < -0.4 is 113 Å². The van der Waals surface area contributed by atoms with Crippen LogP contribution in [0.2, 0.25) is 0 Å². The monoisotopic (exact) mass is 360 g/mol. The summed E-state index contributed by atoms with van der Waals surface area (Å²) in [5.41, 5.74) is 0. The Morgan fingerprint density at radius 3 is 1.50 bits per heavy atom. The Balaban J connectivity index is -0.000000427. The maximum absolute atomic E-state index is 10.1. The van der Waals surface area contributed by atoms with Gasteiger partial charge in [0.15, 0.2) is 0 Å². The Bertz CT molecular complexity index is 214. The van der Waals surface area contributed by atoms with Crippen LogP contribution in [0.4, 0.5) is 0 Å². The first-order chi connectivity index (χ1) is 8.06. The molecule has 0 unspecified atom stereocenters. The van der Waals surface area contributed by atoms with Crippen molar-refractivity contribution in [3.05, 3.63) is 0 Å². The third kappa shape index (κ3) is 29.4. The summed E-state index contributed by atoms with van der Waals surface area (Å²) in [6.45, 7) is 2.26. The molecule has 8 heteroatoms. The van der Waals surface area contributed by atoms with E-state index in [1.54, 1.807) is 0 Å². The van der Waals surface area contributed by atoms with E-state index in [9.17, 15) is 14.4 Å². The van der Waals surface area contributed by atoms with E-state index in [2.05, 4.69) is 11.4 Å². The van der Waals surface area contributed by atoms with Crippen LogP contribution in [0, 0.1) is 0 Å². The Kier molecular flexibility index (Phi) is 34.8. The molecule has 0 saturated carbocycles. The molecule has 112 valence electrons. The number of phosphoric ester groups is 1. The van der Waals surface area contributed by atoms with Gasteiger partial charge in [-0.3, -0.25) is 0 Å². The summed E-state index contributed by atoms with van der Waals surface area (Å²) in [6, 6.07) is 0. The van der Waals surface area contributed by atoms with E-state index in [-0.39, 0.29) is 115 Å². The first-order valence-electron chi connectivity index (χ1n) is 6.73. The number of hydrogen-bond acceptors (Lipinski definition) is 4. The van der Waals surface area contributed by atoms with Crippen LogP contribution in [0.1, 0.15) is 71.1 Å². The van der Waals surface area contributed by atoms with Crippen molar-refractivity contribution in [3.63, 3.8) is 0 Å². The number of rotatable bonds is 12. The van der Waals surface area contributed by atoms with Crippen molar-refractivity contribution < 1.29 is 127 Å². The Morgan fingerprint density at radius 1 is 0.800 bits per heavy atom. The van der Waals surface area contributed by atoms with Gasteiger partial charge in [0, 0.05) is 0 Å². The summed E-state index contributed by atoms with van der Waals surface area (Å²) in [4.78, 5) is 20.3. The summed E-state index contributed by atoms with van der Waals surface area (Å²) in [5.74, 6) is 0. The second-order valence-corrected chi connectivity index (χ2v) is 5.62. The van der Waals surface area contributed by atoms with E-state index in [0.717, 1.165) is 12.8 Å². The normalized spacial score (nSPS) is 10.2. The molecule has 0 heterocycles. The Morgan fingerprint density at radius 2 is 1.15 bits per heavy atom. The number of unbranched alkanes of at least 4 members (excludes halogenated alkanes) is 9. The van der Waals surface area contributed by atoms with Crippen LogP contribution in [0.3, 0.4) is 0 Å². The molecule has 0 aliphatic heterocycles. The molecule has 0 aromatic carbocycles. The number of phosphoric acid groups is 1. The van der Waals surface area contributed by atoms with Crippen LogP contribution in [0.5, 0.6) is 0 Å². The minimum Gasteiger partial charge on any atom is -0.790 e. The van der Waals surface area contributed by atoms with Crippen molar-refractivity contribution in [2.45, 2.75) is 71.1 Å². The zero-order chi connectivity index (χ0) is 13.0. The number of hydrogen-bond donors (Lipinski definition) is 0. The molecule has 0 amide bonds. The van der Waals surface area contributed by atoms with Crippen molar-refractivity contribution in [1.29, 1.82) is 0 Å². The van der Waals surface area contributed by atoms with Crippen LogP contribution >= 0.6 is 7.82 Å². The van der Waals surface area contributed by atoms with Crippen molar-refractivity contribution in [2.75, 3.05) is 6.61 Å². The van der Waals surface area contributed by atoms with Gasteiger partial charge >= 0.3 is 103 Å². The molecule has 20 heavy (non-hydrogen) atoms. The molecule has 0 aliphatic carbocycles. The van der Waals surface area contributed by atoms with Crippen LogP contribution in [0.25, 0.3) is 0 Å². The van der Waals surface area contributed by atoms with E-state index in [1.165, 1.54) is 44.9 Å². The van der Waals surface area contributed by atoms with E-state index in [4.69, 9.17) is 0 Å². The quantitative estimate of drug-likeness (QED) is 0.201.